The molecule has 101 valence electrons. The van der Waals surface area contributed by atoms with E-state index in [4.69, 9.17) is 55.4 Å². The zero-order chi connectivity index (χ0) is 11.7. The van der Waals surface area contributed by atoms with Crippen LogP contribution in [-0.2, 0) is 67.3 Å². The van der Waals surface area contributed by atoms with E-state index in [0.717, 1.165) is 0 Å². The number of halogens is 2. The van der Waals surface area contributed by atoms with E-state index in [1.165, 1.54) is 0 Å². The molecule has 1 radical (unpaired) electrons. The molecule has 15 heteroatoms. The molecule has 0 bridgehead atoms. The maximum atomic E-state index is 8.52. The van der Waals surface area contributed by atoms with Crippen molar-refractivity contribution in [3.05, 3.63) is 0 Å². The third kappa shape index (κ3) is 897. The molecule has 0 N–H and O–H groups in total. The summed E-state index contributed by atoms with van der Waals surface area (Å²) >= 11 is 0.569. The van der Waals surface area contributed by atoms with Crippen molar-refractivity contribution in [3.63, 3.8) is 0 Å². The van der Waals surface area contributed by atoms with E-state index >= 15 is 0 Å². The monoisotopic (exact) mass is 435 g/mol. The quantitative estimate of drug-likeness (QED) is 0.257. The van der Waals surface area contributed by atoms with Gasteiger partial charge in [0.2, 0.25) is 0 Å². The van der Waals surface area contributed by atoms with E-state index in [9.17, 15) is 0 Å². The van der Waals surface area contributed by atoms with Crippen LogP contribution in [0.1, 0.15) is 0 Å². The van der Waals surface area contributed by atoms with Crippen LogP contribution in [0.25, 0.3) is 0 Å². The summed E-state index contributed by atoms with van der Waals surface area (Å²) in [7, 11) is -0.931. The molecule has 0 aliphatic rings. The van der Waals surface area contributed by atoms with Crippen LogP contribution in [0.15, 0.2) is 0 Å². The van der Waals surface area contributed by atoms with Crippen LogP contribution in [0.4, 0.5) is 0 Å². The van der Waals surface area contributed by atoms with Crippen molar-refractivity contribution in [2.24, 2.45) is 0 Å². The van der Waals surface area contributed by atoms with Gasteiger partial charge >= 0.3 is 66.9 Å². The Labute approximate surface area is 122 Å². The zero-order valence-electron chi connectivity index (χ0n) is 5.84. The van der Waals surface area contributed by atoms with Gasteiger partial charge in [0.25, 0.3) is 0 Å². The molecule has 0 rings (SSSR count). The second-order valence-corrected chi connectivity index (χ2v) is 4.13. The maximum Gasteiger partial charge on any atom is 2.00 e. The molecule has 0 saturated heterocycles. The summed E-state index contributed by atoms with van der Waals surface area (Å²) in [5.41, 5.74) is 0. The van der Waals surface area contributed by atoms with Gasteiger partial charge in [-0.15, -0.1) is 0 Å². The first-order valence-electron chi connectivity index (χ1n) is 1.57. The minimum absolute atomic E-state index is 0. The minimum atomic E-state index is -5.17. The molecule has 0 aromatic carbocycles. The van der Waals surface area contributed by atoms with Gasteiger partial charge in [-0.25, -0.2) is 0 Å². The molecule has 0 aromatic heterocycles. The second-order valence-electron chi connectivity index (χ2n) is 0.862. The summed E-state index contributed by atoms with van der Waals surface area (Å²) in [5.74, 6) is 0. The van der Waals surface area contributed by atoms with E-state index in [0.29, 0.717) is 12.7 Å². The van der Waals surface area contributed by atoms with E-state index in [-0.39, 0.29) is 33.8 Å². The summed E-state index contributed by atoms with van der Waals surface area (Å²) in [6, 6.07) is 0. The van der Waals surface area contributed by atoms with E-state index in [1.54, 1.807) is 0 Å². The summed E-state index contributed by atoms with van der Waals surface area (Å²) in [5, 5.41) is 0. The number of hydrogen-bond donors (Lipinski definition) is 0. The van der Waals surface area contributed by atoms with Gasteiger partial charge in [0.1, 0.15) is 0 Å². The minimum Gasteiger partial charge on any atom is 2.00 e. The van der Waals surface area contributed by atoms with E-state index in [1.807, 2.05) is 0 Å². The molecular weight excluding hydrogens is 437 g/mol. The Balaban J connectivity index is -0.0000000322. The van der Waals surface area contributed by atoms with Gasteiger partial charge in [-0.1, -0.05) is 0 Å². The first-order chi connectivity index (χ1) is 5.41. The van der Waals surface area contributed by atoms with Crippen molar-refractivity contribution in [1.82, 2.24) is 0 Å². The molecule has 0 aliphatic carbocycles. The molecule has 0 aromatic rings. The first kappa shape index (κ1) is 30.1. The van der Waals surface area contributed by atoms with E-state index < -0.39 is 20.8 Å². The molecule has 15 heavy (non-hydrogen) atoms. The topological polar surface area (TPSA) is 161 Å². The molecule has 0 unspecified atom stereocenters. The maximum absolute atomic E-state index is 8.52. The van der Waals surface area contributed by atoms with Crippen LogP contribution in [0.5, 0.6) is 0 Å². The first-order valence-corrected chi connectivity index (χ1v) is 6.96. The predicted octanol–water partition coefficient (Wildman–Crippen LogP) is -1.30. The van der Waals surface area contributed by atoms with Gasteiger partial charge in [-0.2, -0.15) is 0 Å². The Morgan fingerprint density at radius 1 is 0.800 bits per heavy atom. The van der Waals surface area contributed by atoms with Crippen LogP contribution >= 0.6 is 20.4 Å². The summed E-state index contributed by atoms with van der Waals surface area (Å²) in [6.45, 7) is 0. The fraction of sp³-hybridized carbons (Fsp3) is 0. The van der Waals surface area contributed by atoms with Crippen molar-refractivity contribution in [3.8, 4) is 0 Å². The molecule has 0 heterocycles. The average molecular weight is 437 g/mol. The van der Waals surface area contributed by atoms with Crippen molar-refractivity contribution < 1.29 is 81.5 Å². The smallest absolute Gasteiger partial charge is 2.00 e. The summed E-state index contributed by atoms with van der Waals surface area (Å²) in [6.07, 6.45) is 0. The Hall–Kier alpha value is 1.84. The van der Waals surface area contributed by atoms with Crippen LogP contribution in [0.2, 0.25) is 0 Å². The van der Waals surface area contributed by atoms with Crippen LogP contribution in [0, 0.1) is 0 Å². The van der Waals surface area contributed by atoms with Crippen LogP contribution in [0.3, 0.4) is 0 Å². The molecule has 0 fully saturated rings. The molecular formula is Cl2CoFeNiO8S2. The van der Waals surface area contributed by atoms with Gasteiger partial charge in [-0.05, 0) is 0 Å². The summed E-state index contributed by atoms with van der Waals surface area (Å²) < 4.78 is 68.2. The SMILES string of the molecule is O=S(=O)([O-])[O-].O=S(=O)([O-])[O-].[Cl][Ni][Cl].[Co+2].[Fe+2]. The fourth-order valence-electron chi connectivity index (χ4n) is 0. The number of hydrogen-bond acceptors (Lipinski definition) is 8. The van der Waals surface area contributed by atoms with Gasteiger partial charge in [-0.3, -0.25) is 16.8 Å². The van der Waals surface area contributed by atoms with Crippen LogP contribution in [-0.4, -0.2) is 35.0 Å². The molecule has 0 saturated carbocycles. The normalized spacial score (nSPS) is 9.20. The Morgan fingerprint density at radius 2 is 0.800 bits per heavy atom. The van der Waals surface area contributed by atoms with Crippen molar-refractivity contribution in [1.29, 1.82) is 0 Å². The third-order valence-electron chi connectivity index (χ3n) is 0. The fourth-order valence-corrected chi connectivity index (χ4v) is 0. The Kier molecular flexibility index (Phi) is 31.8. The third-order valence-corrected chi connectivity index (χ3v) is 0. The van der Waals surface area contributed by atoms with Gasteiger partial charge in [0.05, 0.1) is 0 Å². The molecule has 0 aliphatic heterocycles. The van der Waals surface area contributed by atoms with Crippen molar-refractivity contribution in [2.45, 2.75) is 0 Å². The van der Waals surface area contributed by atoms with E-state index in [2.05, 4.69) is 0 Å². The molecule has 0 amide bonds. The largest absolute Gasteiger partial charge is 2.00 e. The predicted molar refractivity (Wildman–Crippen MR) is 32.7 cm³/mol. The molecule has 8 nitrogen and oxygen atoms in total. The van der Waals surface area contributed by atoms with Crippen molar-refractivity contribution >= 4 is 41.2 Å². The average Bonchev–Trinajstić information content (AvgIpc) is 1.52. The van der Waals surface area contributed by atoms with Crippen LogP contribution < -0.4 is 0 Å². The molecule has 0 atom stereocenters. The summed E-state index contributed by atoms with van der Waals surface area (Å²) in [4.78, 5) is 0. The standard InChI is InChI=1S/2ClH.Co.Fe.Ni.2H2O4S/c;;;;;2*1-5(2,3)4/h2*1H;;;;2*(H2,1,2,3,4)/q;;3*+2;;/p-6. The Bertz CT molecular complexity index is 240. The zero-order valence-corrected chi connectivity index (χ0v) is 12.1. The Morgan fingerprint density at radius 3 is 0.800 bits per heavy atom. The van der Waals surface area contributed by atoms with Crippen molar-refractivity contribution in [2.75, 3.05) is 0 Å². The van der Waals surface area contributed by atoms with Gasteiger partial charge in [0.15, 0.2) is 0 Å². The van der Waals surface area contributed by atoms with Gasteiger partial charge < -0.3 is 18.2 Å². The number of rotatable bonds is 0. The van der Waals surface area contributed by atoms with Gasteiger partial charge in [0, 0.05) is 20.8 Å². The second kappa shape index (κ2) is 15.8. The molecule has 0 spiro atoms.